The van der Waals surface area contributed by atoms with Crippen LogP contribution in [0.4, 0.5) is 0 Å². The lowest BCUT2D eigenvalue weighted by Crippen LogP contribution is -2.49. The molecule has 2 atom stereocenters. The third-order valence-corrected chi connectivity index (χ3v) is 4.80. The molecule has 1 N–H and O–H groups in total. The molecule has 122 valence electrons. The van der Waals surface area contributed by atoms with Crippen molar-refractivity contribution >= 4 is 16.8 Å². The van der Waals surface area contributed by atoms with Gasteiger partial charge in [0.05, 0.1) is 5.52 Å². The maximum absolute atomic E-state index is 11.8. The molecule has 2 aromatic rings. The van der Waals surface area contributed by atoms with E-state index in [1.165, 1.54) is 10.9 Å². The summed E-state index contributed by atoms with van der Waals surface area (Å²) in [6.45, 7) is 6.77. The number of rotatable bonds is 4. The highest BCUT2D eigenvalue weighted by molar-refractivity contribution is 5.78. The first-order chi connectivity index (χ1) is 11.2. The summed E-state index contributed by atoms with van der Waals surface area (Å²) >= 11 is 0. The maximum atomic E-state index is 11.8. The zero-order valence-electron chi connectivity index (χ0n) is 14.0. The summed E-state index contributed by atoms with van der Waals surface area (Å²) in [4.78, 5) is 18.2. The monoisotopic (exact) mass is 311 g/mol. The molecule has 1 aromatic heterocycles. The van der Waals surface area contributed by atoms with Crippen molar-refractivity contribution < 1.29 is 4.79 Å². The number of carbonyl (C=O) groups excluding carboxylic acids is 1. The summed E-state index contributed by atoms with van der Waals surface area (Å²) in [5, 5.41) is 4.85. The number of piperidine rings is 1. The molecule has 23 heavy (non-hydrogen) atoms. The molecule has 1 amide bonds. The second-order valence-electron chi connectivity index (χ2n) is 6.48. The average molecular weight is 311 g/mol. The molecule has 0 spiro atoms. The summed E-state index contributed by atoms with van der Waals surface area (Å²) in [6.07, 6.45) is 3.46. The van der Waals surface area contributed by atoms with E-state index in [1.54, 1.807) is 0 Å². The number of aromatic nitrogens is 1. The second kappa shape index (κ2) is 7.09. The molecule has 2 heterocycles. The number of hydrogen-bond donors (Lipinski definition) is 1. The summed E-state index contributed by atoms with van der Waals surface area (Å²) < 4.78 is 0. The fourth-order valence-electron chi connectivity index (χ4n) is 3.38. The van der Waals surface area contributed by atoms with Crippen molar-refractivity contribution in [2.45, 2.75) is 39.3 Å². The van der Waals surface area contributed by atoms with E-state index in [-0.39, 0.29) is 5.91 Å². The topological polar surface area (TPSA) is 45.2 Å². The van der Waals surface area contributed by atoms with Gasteiger partial charge in [-0.15, -0.1) is 0 Å². The third kappa shape index (κ3) is 3.70. The van der Waals surface area contributed by atoms with E-state index in [4.69, 9.17) is 0 Å². The van der Waals surface area contributed by atoms with Gasteiger partial charge in [0.2, 0.25) is 5.91 Å². The Morgan fingerprint density at radius 1 is 1.39 bits per heavy atom. The number of likely N-dealkylation sites (tertiary alicyclic amines) is 1. The van der Waals surface area contributed by atoms with Crippen molar-refractivity contribution in [3.63, 3.8) is 0 Å². The van der Waals surface area contributed by atoms with Crippen LogP contribution in [0.2, 0.25) is 0 Å². The molecular weight excluding hydrogens is 286 g/mol. The molecule has 0 saturated carbocycles. The van der Waals surface area contributed by atoms with Crippen LogP contribution in [0.15, 0.2) is 36.5 Å². The first kappa shape index (κ1) is 15.9. The quantitative estimate of drug-likeness (QED) is 0.944. The SMILES string of the molecule is CCC(=O)N1CC[C@H](NCc2ccc3ncccc3c2)[C@@H](C)C1. The number of nitrogens with one attached hydrogen (secondary N) is 1. The van der Waals surface area contributed by atoms with Crippen LogP contribution in [-0.2, 0) is 11.3 Å². The fraction of sp³-hybridized carbons (Fsp3) is 0.474. The number of carbonyl (C=O) groups is 1. The summed E-state index contributed by atoms with van der Waals surface area (Å²) in [5.74, 6) is 0.763. The number of nitrogens with zero attached hydrogens (tertiary/aromatic N) is 2. The zero-order chi connectivity index (χ0) is 16.2. The first-order valence-corrected chi connectivity index (χ1v) is 8.52. The van der Waals surface area contributed by atoms with Gasteiger partial charge in [-0.3, -0.25) is 9.78 Å². The Morgan fingerprint density at radius 3 is 3.04 bits per heavy atom. The van der Waals surface area contributed by atoms with Gasteiger partial charge in [-0.2, -0.15) is 0 Å². The van der Waals surface area contributed by atoms with Gasteiger partial charge in [-0.05, 0) is 36.1 Å². The Balaban J connectivity index is 1.58. The highest BCUT2D eigenvalue weighted by atomic mass is 16.2. The van der Waals surface area contributed by atoms with Crippen LogP contribution in [0, 0.1) is 5.92 Å². The van der Waals surface area contributed by atoms with Gasteiger partial charge in [0.15, 0.2) is 0 Å². The largest absolute Gasteiger partial charge is 0.342 e. The van der Waals surface area contributed by atoms with Crippen molar-refractivity contribution in [1.82, 2.24) is 15.2 Å². The lowest BCUT2D eigenvalue weighted by atomic mass is 9.93. The number of amides is 1. The Bertz CT molecular complexity index is 685. The van der Waals surface area contributed by atoms with E-state index in [0.717, 1.165) is 31.6 Å². The molecule has 1 saturated heterocycles. The lowest BCUT2D eigenvalue weighted by Gasteiger charge is -2.37. The van der Waals surface area contributed by atoms with Gasteiger partial charge in [-0.25, -0.2) is 0 Å². The summed E-state index contributed by atoms with van der Waals surface area (Å²) in [5.41, 5.74) is 2.32. The number of fused-ring (bicyclic) bond motifs is 1. The molecule has 1 aliphatic heterocycles. The number of benzene rings is 1. The molecule has 4 heteroatoms. The van der Waals surface area contributed by atoms with Crippen molar-refractivity contribution in [3.8, 4) is 0 Å². The minimum atomic E-state index is 0.275. The molecule has 0 aliphatic carbocycles. The Labute approximate surface area is 137 Å². The fourth-order valence-corrected chi connectivity index (χ4v) is 3.38. The molecule has 0 radical (unpaired) electrons. The summed E-state index contributed by atoms with van der Waals surface area (Å²) in [6, 6.07) is 11.0. The van der Waals surface area contributed by atoms with Gasteiger partial charge >= 0.3 is 0 Å². The number of pyridine rings is 1. The molecule has 0 bridgehead atoms. The minimum Gasteiger partial charge on any atom is -0.342 e. The molecule has 1 aromatic carbocycles. The van der Waals surface area contributed by atoms with Gasteiger partial charge in [-0.1, -0.05) is 26.0 Å². The first-order valence-electron chi connectivity index (χ1n) is 8.52. The molecule has 3 rings (SSSR count). The van der Waals surface area contributed by atoms with Gasteiger partial charge in [0.25, 0.3) is 0 Å². The van der Waals surface area contributed by atoms with Crippen molar-refractivity contribution in [1.29, 1.82) is 0 Å². The van der Waals surface area contributed by atoms with Crippen molar-refractivity contribution in [2.75, 3.05) is 13.1 Å². The van der Waals surface area contributed by atoms with E-state index in [9.17, 15) is 4.79 Å². The van der Waals surface area contributed by atoms with Gasteiger partial charge in [0.1, 0.15) is 0 Å². The predicted octanol–water partition coefficient (Wildman–Crippen LogP) is 2.97. The van der Waals surface area contributed by atoms with Crippen LogP contribution in [0.25, 0.3) is 10.9 Å². The van der Waals surface area contributed by atoms with Crippen LogP contribution < -0.4 is 5.32 Å². The average Bonchev–Trinajstić information content (AvgIpc) is 2.59. The Hall–Kier alpha value is -1.94. The number of hydrogen-bond acceptors (Lipinski definition) is 3. The van der Waals surface area contributed by atoms with E-state index in [2.05, 4.69) is 41.5 Å². The van der Waals surface area contributed by atoms with Crippen molar-refractivity contribution in [3.05, 3.63) is 42.1 Å². The molecule has 1 aliphatic rings. The van der Waals surface area contributed by atoms with Crippen LogP contribution in [0.5, 0.6) is 0 Å². The highest BCUT2D eigenvalue weighted by Crippen LogP contribution is 2.19. The second-order valence-corrected chi connectivity index (χ2v) is 6.48. The molecule has 4 nitrogen and oxygen atoms in total. The van der Waals surface area contributed by atoms with Gasteiger partial charge < -0.3 is 10.2 Å². The van der Waals surface area contributed by atoms with E-state index in [1.807, 2.05) is 24.1 Å². The minimum absolute atomic E-state index is 0.275. The lowest BCUT2D eigenvalue weighted by molar-refractivity contribution is -0.132. The van der Waals surface area contributed by atoms with Crippen LogP contribution in [0.3, 0.4) is 0 Å². The normalized spacial score (nSPS) is 21.6. The van der Waals surface area contributed by atoms with Gasteiger partial charge in [0, 0.05) is 43.7 Å². The Kier molecular flexibility index (Phi) is 4.91. The van der Waals surface area contributed by atoms with E-state index in [0.29, 0.717) is 18.4 Å². The van der Waals surface area contributed by atoms with Crippen molar-refractivity contribution in [2.24, 2.45) is 5.92 Å². The van der Waals surface area contributed by atoms with Crippen LogP contribution in [0.1, 0.15) is 32.3 Å². The summed E-state index contributed by atoms with van der Waals surface area (Å²) in [7, 11) is 0. The maximum Gasteiger partial charge on any atom is 0.222 e. The smallest absolute Gasteiger partial charge is 0.222 e. The van der Waals surface area contributed by atoms with E-state index >= 15 is 0 Å². The predicted molar refractivity (Wildman–Crippen MR) is 93.0 cm³/mol. The zero-order valence-corrected chi connectivity index (χ0v) is 14.0. The van der Waals surface area contributed by atoms with Crippen LogP contribution >= 0.6 is 0 Å². The molecule has 1 fully saturated rings. The standard InChI is InChI=1S/C19H25N3O/c1-3-19(23)22-10-8-17(14(2)13-22)21-12-15-6-7-18-16(11-15)5-4-9-20-18/h4-7,9,11,14,17,21H,3,8,10,12-13H2,1-2H3/t14-,17-/m0/s1. The van der Waals surface area contributed by atoms with Crippen LogP contribution in [-0.4, -0.2) is 34.9 Å². The Morgan fingerprint density at radius 2 is 2.26 bits per heavy atom. The third-order valence-electron chi connectivity index (χ3n) is 4.80. The van der Waals surface area contributed by atoms with E-state index < -0.39 is 0 Å². The molecular formula is C19H25N3O. The molecule has 0 unspecified atom stereocenters. The highest BCUT2D eigenvalue weighted by Gasteiger charge is 2.27.